The molecular formula is C15H13BrFNO. The Morgan fingerprint density at radius 1 is 1.26 bits per heavy atom. The first-order valence-corrected chi connectivity index (χ1v) is 6.64. The Bertz CT molecular complexity index is 613. The Morgan fingerprint density at radius 3 is 2.79 bits per heavy atom. The molecule has 0 aromatic heterocycles. The first kappa shape index (κ1) is 13.7. The average molecular weight is 322 g/mol. The Kier molecular flexibility index (Phi) is 4.32. The van der Waals surface area contributed by atoms with Crippen molar-refractivity contribution in [1.29, 1.82) is 0 Å². The molecule has 1 N–H and O–H groups in total. The fraction of sp³-hybridized carbons (Fsp3) is 0.133. The van der Waals surface area contributed by atoms with Gasteiger partial charge in [-0.2, -0.15) is 0 Å². The summed E-state index contributed by atoms with van der Waals surface area (Å²) in [6.07, 6.45) is 0.151. The summed E-state index contributed by atoms with van der Waals surface area (Å²) in [6, 6.07) is 11.8. The van der Waals surface area contributed by atoms with Crippen molar-refractivity contribution in [3.05, 3.63) is 63.9 Å². The Morgan fingerprint density at radius 2 is 2.05 bits per heavy atom. The number of amides is 1. The molecule has 0 aliphatic carbocycles. The van der Waals surface area contributed by atoms with Crippen LogP contribution >= 0.6 is 15.9 Å². The molecule has 0 heterocycles. The molecule has 0 aliphatic rings. The third-order valence-electron chi connectivity index (χ3n) is 2.65. The van der Waals surface area contributed by atoms with Crippen molar-refractivity contribution in [2.24, 2.45) is 0 Å². The maximum Gasteiger partial charge on any atom is 0.228 e. The predicted molar refractivity (Wildman–Crippen MR) is 77.6 cm³/mol. The molecule has 1 amide bonds. The van der Waals surface area contributed by atoms with Gasteiger partial charge in [0.25, 0.3) is 0 Å². The van der Waals surface area contributed by atoms with Crippen molar-refractivity contribution < 1.29 is 9.18 Å². The Hall–Kier alpha value is -1.68. The minimum absolute atomic E-state index is 0.151. The smallest absolute Gasteiger partial charge is 0.228 e. The molecule has 0 spiro atoms. The average Bonchev–Trinajstić information content (AvgIpc) is 2.34. The second-order valence-corrected chi connectivity index (χ2v) is 5.19. The van der Waals surface area contributed by atoms with Crippen LogP contribution in [0.3, 0.4) is 0 Å². The molecule has 2 aromatic carbocycles. The van der Waals surface area contributed by atoms with Gasteiger partial charge < -0.3 is 5.32 Å². The molecule has 0 fully saturated rings. The van der Waals surface area contributed by atoms with Crippen molar-refractivity contribution in [3.63, 3.8) is 0 Å². The van der Waals surface area contributed by atoms with Gasteiger partial charge in [0.1, 0.15) is 5.82 Å². The number of rotatable bonds is 3. The van der Waals surface area contributed by atoms with Crippen LogP contribution in [0.25, 0.3) is 0 Å². The number of anilines is 1. The van der Waals surface area contributed by atoms with Gasteiger partial charge in [-0.3, -0.25) is 4.79 Å². The number of aryl methyl sites for hydroxylation is 1. The van der Waals surface area contributed by atoms with Crippen molar-refractivity contribution in [2.45, 2.75) is 13.3 Å². The van der Waals surface area contributed by atoms with Gasteiger partial charge in [0.2, 0.25) is 5.91 Å². The van der Waals surface area contributed by atoms with Gasteiger partial charge in [-0.05, 0) is 58.2 Å². The van der Waals surface area contributed by atoms with E-state index in [0.29, 0.717) is 5.56 Å². The standard InChI is InChI=1S/C15H13BrFNO/c1-10-5-6-13(16)14(7-10)18-15(19)9-11-3-2-4-12(17)8-11/h2-8H,9H2,1H3,(H,18,19). The highest BCUT2D eigenvalue weighted by Gasteiger charge is 2.07. The maximum absolute atomic E-state index is 13.0. The summed E-state index contributed by atoms with van der Waals surface area (Å²) < 4.78 is 13.8. The molecule has 98 valence electrons. The van der Waals surface area contributed by atoms with Gasteiger partial charge in [0.05, 0.1) is 12.1 Å². The highest BCUT2D eigenvalue weighted by atomic mass is 79.9. The largest absolute Gasteiger partial charge is 0.325 e. The molecule has 2 nitrogen and oxygen atoms in total. The molecule has 0 aliphatic heterocycles. The summed E-state index contributed by atoms with van der Waals surface area (Å²) in [5.74, 6) is -0.501. The van der Waals surface area contributed by atoms with Crippen LogP contribution in [0, 0.1) is 12.7 Å². The predicted octanol–water partition coefficient (Wildman–Crippen LogP) is 4.08. The van der Waals surface area contributed by atoms with Gasteiger partial charge in [0.15, 0.2) is 0 Å². The van der Waals surface area contributed by atoms with Gasteiger partial charge in [0, 0.05) is 4.47 Å². The zero-order valence-electron chi connectivity index (χ0n) is 10.4. The van der Waals surface area contributed by atoms with Gasteiger partial charge in [-0.15, -0.1) is 0 Å². The van der Waals surface area contributed by atoms with E-state index < -0.39 is 0 Å². The van der Waals surface area contributed by atoms with E-state index in [0.717, 1.165) is 15.7 Å². The zero-order valence-corrected chi connectivity index (χ0v) is 12.0. The maximum atomic E-state index is 13.0. The normalized spacial score (nSPS) is 10.3. The zero-order chi connectivity index (χ0) is 13.8. The molecule has 0 atom stereocenters. The summed E-state index contributed by atoms with van der Waals surface area (Å²) in [6.45, 7) is 1.95. The topological polar surface area (TPSA) is 29.1 Å². The molecule has 2 aromatic rings. The fourth-order valence-corrected chi connectivity index (χ4v) is 2.11. The van der Waals surface area contributed by atoms with Crippen LogP contribution in [0.2, 0.25) is 0 Å². The molecule has 0 saturated heterocycles. The lowest BCUT2D eigenvalue weighted by molar-refractivity contribution is -0.115. The summed E-state index contributed by atoms with van der Waals surface area (Å²) in [4.78, 5) is 11.9. The van der Waals surface area contributed by atoms with Crippen molar-refractivity contribution in [1.82, 2.24) is 0 Å². The van der Waals surface area contributed by atoms with Crippen LogP contribution in [0.5, 0.6) is 0 Å². The first-order valence-electron chi connectivity index (χ1n) is 5.85. The summed E-state index contributed by atoms with van der Waals surface area (Å²) >= 11 is 3.38. The molecule has 4 heteroatoms. The van der Waals surface area contributed by atoms with Crippen LogP contribution in [-0.2, 0) is 11.2 Å². The lowest BCUT2D eigenvalue weighted by Crippen LogP contribution is -2.14. The van der Waals surface area contributed by atoms with Gasteiger partial charge >= 0.3 is 0 Å². The van der Waals surface area contributed by atoms with E-state index in [4.69, 9.17) is 0 Å². The Balaban J connectivity index is 2.07. The van der Waals surface area contributed by atoms with E-state index in [1.54, 1.807) is 12.1 Å². The van der Waals surface area contributed by atoms with Gasteiger partial charge in [-0.25, -0.2) is 4.39 Å². The van der Waals surface area contributed by atoms with Crippen molar-refractivity contribution >= 4 is 27.5 Å². The van der Waals surface area contributed by atoms with E-state index in [2.05, 4.69) is 21.2 Å². The first-order chi connectivity index (χ1) is 9.04. The molecule has 2 rings (SSSR count). The van der Waals surface area contributed by atoms with Crippen molar-refractivity contribution in [3.8, 4) is 0 Å². The van der Waals surface area contributed by atoms with Crippen LogP contribution in [0.15, 0.2) is 46.9 Å². The molecule has 0 saturated carbocycles. The minimum atomic E-state index is -0.331. The number of carbonyl (C=O) groups excluding carboxylic acids is 1. The van der Waals surface area contributed by atoms with E-state index in [-0.39, 0.29) is 18.1 Å². The molecule has 0 unspecified atom stereocenters. The number of carbonyl (C=O) groups is 1. The molecule has 0 bridgehead atoms. The SMILES string of the molecule is Cc1ccc(Br)c(NC(=O)Cc2cccc(F)c2)c1. The molecule has 19 heavy (non-hydrogen) atoms. The van der Waals surface area contributed by atoms with Gasteiger partial charge in [-0.1, -0.05) is 18.2 Å². The van der Waals surface area contributed by atoms with Crippen LogP contribution in [-0.4, -0.2) is 5.91 Å². The lowest BCUT2D eigenvalue weighted by atomic mass is 10.1. The third kappa shape index (κ3) is 3.89. The van der Waals surface area contributed by atoms with Crippen LogP contribution in [0.4, 0.5) is 10.1 Å². The second kappa shape index (κ2) is 5.97. The van der Waals surface area contributed by atoms with E-state index in [1.807, 2.05) is 25.1 Å². The number of hydrogen-bond donors (Lipinski definition) is 1. The fourth-order valence-electron chi connectivity index (χ4n) is 1.76. The number of halogens is 2. The summed E-state index contributed by atoms with van der Waals surface area (Å²) in [7, 11) is 0. The highest BCUT2D eigenvalue weighted by Crippen LogP contribution is 2.23. The van der Waals surface area contributed by atoms with E-state index in [9.17, 15) is 9.18 Å². The quantitative estimate of drug-likeness (QED) is 0.906. The highest BCUT2D eigenvalue weighted by molar-refractivity contribution is 9.10. The third-order valence-corrected chi connectivity index (χ3v) is 3.34. The van der Waals surface area contributed by atoms with Crippen molar-refractivity contribution in [2.75, 3.05) is 5.32 Å². The number of benzene rings is 2. The summed E-state index contributed by atoms with van der Waals surface area (Å²) in [5, 5.41) is 2.81. The van der Waals surface area contributed by atoms with E-state index >= 15 is 0 Å². The second-order valence-electron chi connectivity index (χ2n) is 4.34. The lowest BCUT2D eigenvalue weighted by Gasteiger charge is -2.08. The summed E-state index contributed by atoms with van der Waals surface area (Å²) in [5.41, 5.74) is 2.44. The van der Waals surface area contributed by atoms with Crippen LogP contribution < -0.4 is 5.32 Å². The minimum Gasteiger partial charge on any atom is -0.325 e. The monoisotopic (exact) mass is 321 g/mol. The molecular weight excluding hydrogens is 309 g/mol. The molecule has 0 radical (unpaired) electrons. The van der Waals surface area contributed by atoms with Crippen LogP contribution in [0.1, 0.15) is 11.1 Å². The number of nitrogens with one attached hydrogen (secondary N) is 1. The van der Waals surface area contributed by atoms with E-state index in [1.165, 1.54) is 12.1 Å². The Labute approximate surface area is 119 Å². The number of hydrogen-bond acceptors (Lipinski definition) is 1.